The number of rotatable bonds is 7. The summed E-state index contributed by atoms with van der Waals surface area (Å²) in [7, 11) is 0. The molecule has 1 N–H and O–H groups in total. The third-order valence-electron chi connectivity index (χ3n) is 5.54. The van der Waals surface area contributed by atoms with Gasteiger partial charge in [0, 0.05) is 31.4 Å². The highest BCUT2D eigenvalue weighted by molar-refractivity contribution is 4.98. The van der Waals surface area contributed by atoms with Gasteiger partial charge in [-0.15, -0.1) is 0 Å². The Labute approximate surface area is 123 Å². The van der Waals surface area contributed by atoms with E-state index in [1.807, 2.05) is 6.20 Å². The van der Waals surface area contributed by atoms with Gasteiger partial charge in [-0.05, 0) is 56.9 Å². The zero-order valence-electron chi connectivity index (χ0n) is 13.0. The van der Waals surface area contributed by atoms with E-state index in [1.54, 1.807) is 0 Å². The van der Waals surface area contributed by atoms with Crippen LogP contribution in [-0.2, 0) is 13.0 Å². The molecule has 2 bridgehead atoms. The molecule has 2 aliphatic carbocycles. The number of nitrogens with one attached hydrogen (secondary N) is 1. The molecular formula is C17H29N3. The van der Waals surface area contributed by atoms with E-state index in [1.165, 1.54) is 37.9 Å². The Bertz CT molecular complexity index is 426. The van der Waals surface area contributed by atoms with Gasteiger partial charge < -0.3 is 9.88 Å². The lowest BCUT2D eigenvalue weighted by Gasteiger charge is -2.27. The monoisotopic (exact) mass is 275 g/mol. The van der Waals surface area contributed by atoms with Gasteiger partial charge >= 0.3 is 0 Å². The van der Waals surface area contributed by atoms with Crippen molar-refractivity contribution >= 4 is 0 Å². The van der Waals surface area contributed by atoms with Gasteiger partial charge in [0.15, 0.2) is 0 Å². The highest BCUT2D eigenvalue weighted by atomic mass is 15.1. The first-order chi connectivity index (χ1) is 9.80. The van der Waals surface area contributed by atoms with Crippen LogP contribution < -0.4 is 5.32 Å². The minimum Gasteiger partial charge on any atom is -0.335 e. The van der Waals surface area contributed by atoms with E-state index in [-0.39, 0.29) is 0 Å². The van der Waals surface area contributed by atoms with Crippen LogP contribution in [0.4, 0.5) is 0 Å². The van der Waals surface area contributed by atoms with E-state index in [4.69, 9.17) is 0 Å². The number of likely N-dealkylation sites (N-methyl/N-ethyl adjacent to an activating group) is 1. The maximum absolute atomic E-state index is 4.55. The fourth-order valence-corrected chi connectivity index (χ4v) is 4.60. The second-order valence-electron chi connectivity index (χ2n) is 6.76. The molecule has 4 unspecified atom stereocenters. The first-order valence-corrected chi connectivity index (χ1v) is 8.53. The van der Waals surface area contributed by atoms with E-state index in [0.29, 0.717) is 6.04 Å². The van der Waals surface area contributed by atoms with E-state index in [2.05, 4.69) is 34.9 Å². The zero-order valence-corrected chi connectivity index (χ0v) is 13.0. The largest absolute Gasteiger partial charge is 0.335 e. The van der Waals surface area contributed by atoms with Crippen LogP contribution in [0.2, 0.25) is 0 Å². The van der Waals surface area contributed by atoms with Gasteiger partial charge in [-0.2, -0.15) is 0 Å². The first-order valence-electron chi connectivity index (χ1n) is 8.53. The summed E-state index contributed by atoms with van der Waals surface area (Å²) in [5.41, 5.74) is 0. The van der Waals surface area contributed by atoms with E-state index < -0.39 is 0 Å². The SMILES string of the molecule is CCNC(Cc1nccn1CC)CC1CC2CCC1C2. The van der Waals surface area contributed by atoms with E-state index >= 15 is 0 Å². The van der Waals surface area contributed by atoms with Crippen LogP contribution in [0.25, 0.3) is 0 Å². The zero-order chi connectivity index (χ0) is 13.9. The molecule has 20 heavy (non-hydrogen) atoms. The maximum Gasteiger partial charge on any atom is 0.110 e. The van der Waals surface area contributed by atoms with Gasteiger partial charge in [0.05, 0.1) is 0 Å². The standard InChI is InChI=1S/C17H29N3/c1-3-18-16(12-17-19-7-8-20(17)4-2)11-15-10-13-5-6-14(15)9-13/h7-8,13-16,18H,3-6,9-12H2,1-2H3. The molecule has 0 saturated heterocycles. The van der Waals surface area contributed by atoms with E-state index in [9.17, 15) is 0 Å². The third-order valence-corrected chi connectivity index (χ3v) is 5.54. The van der Waals surface area contributed by atoms with Gasteiger partial charge in [0.2, 0.25) is 0 Å². The fraction of sp³-hybridized carbons (Fsp3) is 0.824. The Balaban J connectivity index is 1.60. The Morgan fingerprint density at radius 1 is 1.35 bits per heavy atom. The molecule has 2 saturated carbocycles. The molecule has 3 rings (SSSR count). The number of hydrogen-bond donors (Lipinski definition) is 1. The summed E-state index contributed by atoms with van der Waals surface area (Å²) in [6, 6.07) is 0.608. The van der Waals surface area contributed by atoms with Gasteiger partial charge in [-0.3, -0.25) is 0 Å². The van der Waals surface area contributed by atoms with Crippen LogP contribution in [-0.4, -0.2) is 22.1 Å². The molecule has 112 valence electrons. The van der Waals surface area contributed by atoms with E-state index in [0.717, 1.165) is 37.3 Å². The summed E-state index contributed by atoms with van der Waals surface area (Å²) in [6.07, 6.45) is 12.5. The minimum atomic E-state index is 0.608. The fourth-order valence-electron chi connectivity index (χ4n) is 4.60. The summed E-state index contributed by atoms with van der Waals surface area (Å²) in [4.78, 5) is 4.55. The van der Waals surface area contributed by atoms with Crippen molar-refractivity contribution in [2.24, 2.45) is 17.8 Å². The normalized spacial score (nSPS) is 30.0. The molecular weight excluding hydrogens is 246 g/mol. The molecule has 3 heteroatoms. The van der Waals surface area contributed by atoms with Crippen molar-refractivity contribution < 1.29 is 0 Å². The average molecular weight is 275 g/mol. The first kappa shape index (κ1) is 14.1. The van der Waals surface area contributed by atoms with Crippen molar-refractivity contribution in [3.8, 4) is 0 Å². The summed E-state index contributed by atoms with van der Waals surface area (Å²) in [5, 5.41) is 3.71. The van der Waals surface area contributed by atoms with Crippen LogP contribution in [0.5, 0.6) is 0 Å². The number of imidazole rings is 1. The third kappa shape index (κ3) is 2.93. The molecule has 2 fully saturated rings. The van der Waals surface area contributed by atoms with Crippen molar-refractivity contribution in [1.29, 1.82) is 0 Å². The molecule has 2 aliphatic rings. The Hall–Kier alpha value is -0.830. The molecule has 0 radical (unpaired) electrons. The summed E-state index contributed by atoms with van der Waals surface area (Å²) >= 11 is 0. The lowest BCUT2D eigenvalue weighted by atomic mass is 9.83. The Kier molecular flexibility index (Phi) is 4.45. The number of hydrogen-bond acceptors (Lipinski definition) is 2. The van der Waals surface area contributed by atoms with Crippen molar-refractivity contribution in [1.82, 2.24) is 14.9 Å². The maximum atomic E-state index is 4.55. The quantitative estimate of drug-likeness (QED) is 0.828. The lowest BCUT2D eigenvalue weighted by molar-refractivity contribution is 0.276. The van der Waals surface area contributed by atoms with Crippen LogP contribution in [0.3, 0.4) is 0 Å². The van der Waals surface area contributed by atoms with Crippen LogP contribution >= 0.6 is 0 Å². The number of fused-ring (bicyclic) bond motifs is 2. The summed E-state index contributed by atoms with van der Waals surface area (Å²) in [5.74, 6) is 4.32. The minimum absolute atomic E-state index is 0.608. The molecule has 3 nitrogen and oxygen atoms in total. The van der Waals surface area contributed by atoms with Gasteiger partial charge in [-0.1, -0.05) is 13.3 Å². The van der Waals surface area contributed by atoms with Crippen molar-refractivity contribution in [3.63, 3.8) is 0 Å². The molecule has 1 heterocycles. The van der Waals surface area contributed by atoms with Crippen LogP contribution in [0.1, 0.15) is 51.8 Å². The van der Waals surface area contributed by atoms with Crippen LogP contribution in [0, 0.1) is 17.8 Å². The molecule has 4 atom stereocenters. The summed E-state index contributed by atoms with van der Waals surface area (Å²) in [6.45, 7) is 6.52. The van der Waals surface area contributed by atoms with Crippen molar-refractivity contribution in [2.75, 3.05) is 6.54 Å². The van der Waals surface area contributed by atoms with Gasteiger partial charge in [0.1, 0.15) is 5.82 Å². The molecule has 0 aliphatic heterocycles. The molecule has 0 amide bonds. The van der Waals surface area contributed by atoms with Crippen molar-refractivity contribution in [3.05, 3.63) is 18.2 Å². The summed E-state index contributed by atoms with van der Waals surface area (Å²) < 4.78 is 2.28. The average Bonchev–Trinajstić information content (AvgIpc) is 3.14. The number of aryl methyl sites for hydroxylation is 1. The Morgan fingerprint density at radius 2 is 2.25 bits per heavy atom. The predicted octanol–water partition coefficient (Wildman–Crippen LogP) is 3.25. The molecule has 1 aromatic heterocycles. The smallest absolute Gasteiger partial charge is 0.110 e. The highest BCUT2D eigenvalue weighted by Gasteiger charge is 2.40. The molecule has 1 aromatic rings. The highest BCUT2D eigenvalue weighted by Crippen LogP contribution is 2.49. The Morgan fingerprint density at radius 3 is 2.90 bits per heavy atom. The second kappa shape index (κ2) is 6.30. The topological polar surface area (TPSA) is 29.9 Å². The van der Waals surface area contributed by atoms with Crippen LogP contribution in [0.15, 0.2) is 12.4 Å². The molecule has 0 spiro atoms. The predicted molar refractivity (Wildman–Crippen MR) is 82.6 cm³/mol. The number of aromatic nitrogens is 2. The molecule has 0 aromatic carbocycles. The lowest BCUT2D eigenvalue weighted by Crippen LogP contribution is -2.35. The van der Waals surface area contributed by atoms with Gasteiger partial charge in [0.25, 0.3) is 0 Å². The van der Waals surface area contributed by atoms with Gasteiger partial charge in [-0.25, -0.2) is 4.98 Å². The number of nitrogens with zero attached hydrogens (tertiary/aromatic N) is 2. The second-order valence-corrected chi connectivity index (χ2v) is 6.76. The van der Waals surface area contributed by atoms with Crippen molar-refractivity contribution in [2.45, 2.75) is 65.0 Å².